The summed E-state index contributed by atoms with van der Waals surface area (Å²) in [4.78, 5) is 16.1. The summed E-state index contributed by atoms with van der Waals surface area (Å²) < 4.78 is 0. The molecule has 0 unspecified atom stereocenters. The largest absolute Gasteiger partial charge is 0.355 e. The standard InChI is InChI=1S/C16H27N5/c1-19(2)12-13-21-9-3-4-16(21)5-10-20(11-6-16)15-14-17-7-8-18-15/h7-8,14H,3-6,9-13H2,1-2H3. The lowest BCUT2D eigenvalue weighted by Gasteiger charge is -2.45. The van der Waals surface area contributed by atoms with Crippen LogP contribution in [0.5, 0.6) is 0 Å². The normalized spacial score (nSPS) is 22.3. The molecule has 3 rings (SSSR count). The Labute approximate surface area is 128 Å². The monoisotopic (exact) mass is 289 g/mol. The molecular weight excluding hydrogens is 262 g/mol. The van der Waals surface area contributed by atoms with Crippen molar-refractivity contribution in [1.29, 1.82) is 0 Å². The Kier molecular flexibility index (Phi) is 4.40. The van der Waals surface area contributed by atoms with Crippen LogP contribution in [0.3, 0.4) is 0 Å². The van der Waals surface area contributed by atoms with Gasteiger partial charge in [-0.05, 0) is 46.3 Å². The Morgan fingerprint density at radius 3 is 2.62 bits per heavy atom. The van der Waals surface area contributed by atoms with Crippen LogP contribution in [-0.4, -0.2) is 72.1 Å². The van der Waals surface area contributed by atoms with E-state index in [1.165, 1.54) is 38.8 Å². The SMILES string of the molecule is CN(C)CCN1CCCC12CCN(c1cnccn1)CC2. The van der Waals surface area contributed by atoms with Gasteiger partial charge in [-0.25, -0.2) is 4.98 Å². The number of rotatable bonds is 4. The van der Waals surface area contributed by atoms with Gasteiger partial charge in [-0.1, -0.05) is 0 Å². The zero-order chi connectivity index (χ0) is 14.7. The first-order valence-electron chi connectivity index (χ1n) is 8.10. The van der Waals surface area contributed by atoms with E-state index in [2.05, 4.69) is 38.8 Å². The van der Waals surface area contributed by atoms with Gasteiger partial charge in [0, 0.05) is 44.1 Å². The molecule has 0 aromatic carbocycles. The van der Waals surface area contributed by atoms with Crippen molar-refractivity contribution in [3.8, 4) is 0 Å². The molecule has 5 heteroatoms. The van der Waals surface area contributed by atoms with Crippen LogP contribution in [0.25, 0.3) is 0 Å². The lowest BCUT2D eigenvalue weighted by atomic mass is 9.85. The van der Waals surface area contributed by atoms with Gasteiger partial charge in [-0.2, -0.15) is 0 Å². The molecule has 0 amide bonds. The summed E-state index contributed by atoms with van der Waals surface area (Å²) in [5.74, 6) is 1.03. The van der Waals surface area contributed by atoms with Gasteiger partial charge in [0.1, 0.15) is 5.82 Å². The molecule has 5 nitrogen and oxygen atoms in total. The van der Waals surface area contributed by atoms with Crippen molar-refractivity contribution < 1.29 is 0 Å². The number of piperidine rings is 1. The first-order valence-corrected chi connectivity index (χ1v) is 8.10. The molecule has 0 bridgehead atoms. The Morgan fingerprint density at radius 2 is 1.95 bits per heavy atom. The molecule has 2 aliphatic rings. The minimum absolute atomic E-state index is 0.453. The summed E-state index contributed by atoms with van der Waals surface area (Å²) in [6, 6.07) is 0. The molecular formula is C16H27N5. The average molecular weight is 289 g/mol. The van der Waals surface area contributed by atoms with Gasteiger partial charge < -0.3 is 9.80 Å². The minimum atomic E-state index is 0.453. The van der Waals surface area contributed by atoms with Crippen molar-refractivity contribution in [3.63, 3.8) is 0 Å². The van der Waals surface area contributed by atoms with Crippen LogP contribution in [0.15, 0.2) is 18.6 Å². The Balaban J connectivity index is 1.61. The third-order valence-corrected chi connectivity index (χ3v) is 5.13. The molecule has 3 heterocycles. The Bertz CT molecular complexity index is 439. The lowest BCUT2D eigenvalue weighted by molar-refractivity contribution is 0.0991. The number of aromatic nitrogens is 2. The summed E-state index contributed by atoms with van der Waals surface area (Å²) in [7, 11) is 4.33. The molecule has 2 aliphatic heterocycles. The molecule has 2 saturated heterocycles. The molecule has 21 heavy (non-hydrogen) atoms. The maximum absolute atomic E-state index is 4.44. The predicted molar refractivity (Wildman–Crippen MR) is 85.6 cm³/mol. The number of likely N-dealkylation sites (tertiary alicyclic amines) is 1. The number of likely N-dealkylation sites (N-methyl/N-ethyl adjacent to an activating group) is 1. The summed E-state index contributed by atoms with van der Waals surface area (Å²) in [6.45, 7) is 5.86. The van der Waals surface area contributed by atoms with E-state index in [1.807, 2.05) is 6.20 Å². The highest BCUT2D eigenvalue weighted by Gasteiger charge is 2.42. The van der Waals surface area contributed by atoms with Crippen LogP contribution >= 0.6 is 0 Å². The van der Waals surface area contributed by atoms with Gasteiger partial charge in [0.15, 0.2) is 0 Å². The van der Waals surface area contributed by atoms with E-state index in [4.69, 9.17) is 0 Å². The molecule has 0 N–H and O–H groups in total. The molecule has 116 valence electrons. The van der Waals surface area contributed by atoms with Crippen molar-refractivity contribution in [3.05, 3.63) is 18.6 Å². The fraction of sp³-hybridized carbons (Fsp3) is 0.750. The molecule has 0 saturated carbocycles. The van der Waals surface area contributed by atoms with E-state index in [-0.39, 0.29) is 0 Å². The molecule has 0 aliphatic carbocycles. The molecule has 1 aromatic heterocycles. The maximum Gasteiger partial charge on any atom is 0.147 e. The van der Waals surface area contributed by atoms with Gasteiger partial charge in [0.2, 0.25) is 0 Å². The first kappa shape index (κ1) is 14.7. The van der Waals surface area contributed by atoms with Crippen molar-refractivity contribution in [2.45, 2.75) is 31.2 Å². The fourth-order valence-corrected chi connectivity index (χ4v) is 3.84. The van der Waals surface area contributed by atoms with Crippen molar-refractivity contribution in [2.24, 2.45) is 0 Å². The van der Waals surface area contributed by atoms with E-state index >= 15 is 0 Å². The Morgan fingerprint density at radius 1 is 1.14 bits per heavy atom. The molecule has 0 atom stereocenters. The highest BCUT2D eigenvalue weighted by molar-refractivity contribution is 5.36. The average Bonchev–Trinajstić information content (AvgIpc) is 2.89. The molecule has 1 aromatic rings. The second-order valence-corrected chi connectivity index (χ2v) is 6.67. The second kappa shape index (κ2) is 6.28. The second-order valence-electron chi connectivity index (χ2n) is 6.67. The topological polar surface area (TPSA) is 35.5 Å². The molecule has 1 spiro atoms. The minimum Gasteiger partial charge on any atom is -0.355 e. The summed E-state index contributed by atoms with van der Waals surface area (Å²) >= 11 is 0. The lowest BCUT2D eigenvalue weighted by Crippen LogP contribution is -2.53. The quantitative estimate of drug-likeness (QED) is 0.839. The van der Waals surface area contributed by atoms with Gasteiger partial charge in [0.05, 0.1) is 6.20 Å². The maximum atomic E-state index is 4.44. The van der Waals surface area contributed by atoms with Crippen LogP contribution in [0.1, 0.15) is 25.7 Å². The number of anilines is 1. The first-order chi connectivity index (χ1) is 10.2. The van der Waals surface area contributed by atoms with Crippen molar-refractivity contribution >= 4 is 5.82 Å². The van der Waals surface area contributed by atoms with Gasteiger partial charge >= 0.3 is 0 Å². The predicted octanol–water partition coefficient (Wildman–Crippen LogP) is 1.47. The van der Waals surface area contributed by atoms with E-state index < -0.39 is 0 Å². The highest BCUT2D eigenvalue weighted by atomic mass is 15.3. The number of hydrogen-bond donors (Lipinski definition) is 0. The fourth-order valence-electron chi connectivity index (χ4n) is 3.84. The highest BCUT2D eigenvalue weighted by Crippen LogP contribution is 2.38. The Hall–Kier alpha value is -1.20. The van der Waals surface area contributed by atoms with E-state index in [0.29, 0.717) is 5.54 Å². The van der Waals surface area contributed by atoms with Crippen molar-refractivity contribution in [2.75, 3.05) is 51.7 Å². The van der Waals surface area contributed by atoms with E-state index in [1.54, 1.807) is 12.4 Å². The van der Waals surface area contributed by atoms with Gasteiger partial charge in [-0.3, -0.25) is 9.88 Å². The number of nitrogens with zero attached hydrogens (tertiary/aromatic N) is 5. The van der Waals surface area contributed by atoms with Crippen LogP contribution < -0.4 is 4.90 Å². The summed E-state index contributed by atoms with van der Waals surface area (Å²) in [5, 5.41) is 0. The van der Waals surface area contributed by atoms with Crippen LogP contribution in [0.2, 0.25) is 0 Å². The third kappa shape index (κ3) is 3.19. The zero-order valence-corrected chi connectivity index (χ0v) is 13.3. The smallest absolute Gasteiger partial charge is 0.147 e. The molecule has 2 fully saturated rings. The van der Waals surface area contributed by atoms with Crippen LogP contribution in [0, 0.1) is 0 Å². The number of hydrogen-bond acceptors (Lipinski definition) is 5. The summed E-state index contributed by atoms with van der Waals surface area (Å²) in [6.07, 6.45) is 10.7. The zero-order valence-electron chi connectivity index (χ0n) is 13.3. The summed E-state index contributed by atoms with van der Waals surface area (Å²) in [5.41, 5.74) is 0.453. The van der Waals surface area contributed by atoms with Gasteiger partial charge in [-0.15, -0.1) is 0 Å². The van der Waals surface area contributed by atoms with E-state index in [9.17, 15) is 0 Å². The van der Waals surface area contributed by atoms with E-state index in [0.717, 1.165) is 25.5 Å². The van der Waals surface area contributed by atoms with Crippen LogP contribution in [-0.2, 0) is 0 Å². The van der Waals surface area contributed by atoms with Gasteiger partial charge in [0.25, 0.3) is 0 Å². The third-order valence-electron chi connectivity index (χ3n) is 5.13. The van der Waals surface area contributed by atoms with Crippen molar-refractivity contribution in [1.82, 2.24) is 19.8 Å². The van der Waals surface area contributed by atoms with Crippen LogP contribution in [0.4, 0.5) is 5.82 Å². The molecule has 0 radical (unpaired) electrons.